The van der Waals surface area contributed by atoms with Crippen molar-refractivity contribution < 1.29 is 4.39 Å². The van der Waals surface area contributed by atoms with Crippen LogP contribution in [0.2, 0.25) is 0 Å². The van der Waals surface area contributed by atoms with Crippen LogP contribution in [-0.4, -0.2) is 53.9 Å². The highest BCUT2D eigenvalue weighted by Crippen LogP contribution is 2.20. The minimum absolute atomic E-state index is 0. The van der Waals surface area contributed by atoms with Crippen LogP contribution in [0.25, 0.3) is 0 Å². The lowest BCUT2D eigenvalue weighted by Crippen LogP contribution is -2.52. The fraction of sp³-hybridized carbons (Fsp3) is 0.412. The highest BCUT2D eigenvalue weighted by molar-refractivity contribution is 14.0. The first-order valence-corrected chi connectivity index (χ1v) is 8.10. The van der Waals surface area contributed by atoms with Gasteiger partial charge in [0.1, 0.15) is 5.82 Å². The van der Waals surface area contributed by atoms with E-state index in [9.17, 15) is 4.39 Å². The van der Waals surface area contributed by atoms with Crippen molar-refractivity contribution in [3.8, 4) is 0 Å². The summed E-state index contributed by atoms with van der Waals surface area (Å²) in [5, 5.41) is 7.53. The molecule has 1 aromatic carbocycles. The van der Waals surface area contributed by atoms with Crippen LogP contribution < -0.4 is 10.2 Å². The van der Waals surface area contributed by atoms with Crippen LogP contribution in [0.4, 0.5) is 10.1 Å². The van der Waals surface area contributed by atoms with Crippen LogP contribution in [0.1, 0.15) is 5.56 Å². The van der Waals surface area contributed by atoms with E-state index in [0.29, 0.717) is 12.2 Å². The number of nitrogens with zero attached hydrogens (tertiary/aromatic N) is 5. The molecule has 6 nitrogen and oxygen atoms in total. The number of nitrogens with one attached hydrogen (secondary N) is 1. The molecule has 1 N–H and O–H groups in total. The van der Waals surface area contributed by atoms with Gasteiger partial charge in [-0.25, -0.2) is 4.39 Å². The van der Waals surface area contributed by atoms with Crippen molar-refractivity contribution in [3.05, 3.63) is 48.0 Å². The van der Waals surface area contributed by atoms with E-state index in [0.717, 1.165) is 37.7 Å². The normalized spacial score (nSPS) is 15.1. The summed E-state index contributed by atoms with van der Waals surface area (Å²) >= 11 is 0. The van der Waals surface area contributed by atoms with Gasteiger partial charge in [-0.1, -0.05) is 12.1 Å². The summed E-state index contributed by atoms with van der Waals surface area (Å²) in [7, 11) is 3.69. The van der Waals surface area contributed by atoms with Crippen molar-refractivity contribution in [2.45, 2.75) is 6.54 Å². The summed E-state index contributed by atoms with van der Waals surface area (Å²) in [5.74, 6) is 0.706. The molecule has 1 aliphatic rings. The summed E-state index contributed by atoms with van der Waals surface area (Å²) in [4.78, 5) is 8.65. The fourth-order valence-electron chi connectivity index (χ4n) is 2.94. The smallest absolute Gasteiger partial charge is 0.194 e. The van der Waals surface area contributed by atoms with Gasteiger partial charge >= 0.3 is 0 Å². The SMILES string of the molecule is CN=C(NCc1cnn(C)c1)N1CCN(c2ccccc2F)CC1.I. The van der Waals surface area contributed by atoms with Crippen LogP contribution in [0.5, 0.6) is 0 Å². The highest BCUT2D eigenvalue weighted by atomic mass is 127. The van der Waals surface area contributed by atoms with Crippen LogP contribution >= 0.6 is 24.0 Å². The number of aryl methyl sites for hydroxylation is 1. The fourth-order valence-corrected chi connectivity index (χ4v) is 2.94. The number of halogens is 2. The second-order valence-corrected chi connectivity index (χ2v) is 5.85. The molecule has 0 spiro atoms. The Kier molecular flexibility index (Phi) is 7.03. The second-order valence-electron chi connectivity index (χ2n) is 5.85. The molecule has 0 aliphatic carbocycles. The van der Waals surface area contributed by atoms with Gasteiger partial charge in [0, 0.05) is 58.6 Å². The monoisotopic (exact) mass is 458 g/mol. The number of anilines is 1. The molecule has 0 radical (unpaired) electrons. The van der Waals surface area contributed by atoms with Crippen molar-refractivity contribution in [1.29, 1.82) is 0 Å². The maximum Gasteiger partial charge on any atom is 0.194 e. The molecule has 2 heterocycles. The molecular formula is C17H24FIN6. The first kappa shape index (κ1) is 19.5. The Morgan fingerprint density at radius 1 is 1.24 bits per heavy atom. The number of rotatable bonds is 3. The van der Waals surface area contributed by atoms with Crippen LogP contribution in [-0.2, 0) is 13.6 Å². The van der Waals surface area contributed by atoms with E-state index in [-0.39, 0.29) is 29.8 Å². The van der Waals surface area contributed by atoms with Crippen molar-refractivity contribution in [3.63, 3.8) is 0 Å². The van der Waals surface area contributed by atoms with Gasteiger partial charge < -0.3 is 15.1 Å². The zero-order chi connectivity index (χ0) is 16.9. The van der Waals surface area contributed by atoms with Crippen molar-refractivity contribution in [2.75, 3.05) is 38.1 Å². The van der Waals surface area contributed by atoms with Crippen LogP contribution in [0.15, 0.2) is 41.7 Å². The number of guanidine groups is 1. The van der Waals surface area contributed by atoms with Gasteiger partial charge in [-0.15, -0.1) is 24.0 Å². The van der Waals surface area contributed by atoms with Crippen LogP contribution in [0.3, 0.4) is 0 Å². The number of piperazine rings is 1. The minimum Gasteiger partial charge on any atom is -0.366 e. The number of para-hydroxylation sites is 1. The Hall–Kier alpha value is -1.84. The molecule has 3 rings (SSSR count). The molecule has 8 heteroatoms. The molecule has 1 aliphatic heterocycles. The third-order valence-electron chi connectivity index (χ3n) is 4.19. The lowest BCUT2D eigenvalue weighted by molar-refractivity contribution is 0.370. The number of benzene rings is 1. The molecule has 1 fully saturated rings. The molecule has 1 saturated heterocycles. The Balaban J connectivity index is 0.00000225. The molecule has 2 aromatic rings. The Bertz CT molecular complexity index is 709. The average molecular weight is 458 g/mol. The molecule has 136 valence electrons. The van der Waals surface area contributed by atoms with Gasteiger partial charge in [0.15, 0.2) is 5.96 Å². The zero-order valence-corrected chi connectivity index (χ0v) is 16.9. The predicted octanol–water partition coefficient (Wildman–Crippen LogP) is 2.07. The molecule has 0 amide bonds. The zero-order valence-electron chi connectivity index (χ0n) is 14.5. The van der Waals surface area contributed by atoms with Crippen molar-refractivity contribution in [2.24, 2.45) is 12.0 Å². The standard InChI is InChI=1S/C17H23FN6.HI/c1-19-17(20-11-14-12-21-22(2)13-14)24-9-7-23(8-10-24)16-6-4-3-5-15(16)18;/h3-6,12-13H,7-11H2,1-2H3,(H,19,20);1H. The Morgan fingerprint density at radius 2 is 1.96 bits per heavy atom. The van der Waals surface area contributed by atoms with E-state index in [4.69, 9.17) is 0 Å². The van der Waals surface area contributed by atoms with Gasteiger partial charge in [0.25, 0.3) is 0 Å². The molecule has 25 heavy (non-hydrogen) atoms. The Labute approximate surface area is 164 Å². The van der Waals surface area contributed by atoms with Gasteiger partial charge in [-0.05, 0) is 12.1 Å². The quantitative estimate of drug-likeness (QED) is 0.435. The van der Waals surface area contributed by atoms with Gasteiger partial charge in [-0.3, -0.25) is 9.67 Å². The first-order valence-electron chi connectivity index (χ1n) is 8.10. The lowest BCUT2D eigenvalue weighted by Gasteiger charge is -2.37. The molecule has 0 unspecified atom stereocenters. The summed E-state index contributed by atoms with van der Waals surface area (Å²) in [6.45, 7) is 3.85. The topological polar surface area (TPSA) is 48.7 Å². The van der Waals surface area contributed by atoms with Gasteiger partial charge in [-0.2, -0.15) is 5.10 Å². The number of hydrogen-bond acceptors (Lipinski definition) is 3. The maximum absolute atomic E-state index is 13.9. The second kappa shape index (κ2) is 9.02. The lowest BCUT2D eigenvalue weighted by atomic mass is 10.2. The molecule has 0 saturated carbocycles. The predicted molar refractivity (Wildman–Crippen MR) is 109 cm³/mol. The average Bonchev–Trinajstić information content (AvgIpc) is 3.02. The van der Waals surface area contributed by atoms with E-state index >= 15 is 0 Å². The third kappa shape index (κ3) is 4.83. The molecule has 1 aromatic heterocycles. The van der Waals surface area contributed by atoms with E-state index in [1.54, 1.807) is 17.8 Å². The van der Waals surface area contributed by atoms with Crippen molar-refractivity contribution >= 4 is 35.6 Å². The van der Waals surface area contributed by atoms with E-state index in [2.05, 4.69) is 25.2 Å². The van der Waals surface area contributed by atoms with Gasteiger partial charge in [0.05, 0.1) is 11.9 Å². The van der Waals surface area contributed by atoms with E-state index in [1.807, 2.05) is 31.6 Å². The van der Waals surface area contributed by atoms with Crippen LogP contribution in [0, 0.1) is 5.82 Å². The first-order chi connectivity index (χ1) is 11.7. The largest absolute Gasteiger partial charge is 0.366 e. The number of hydrogen-bond donors (Lipinski definition) is 1. The molecular weight excluding hydrogens is 434 g/mol. The van der Waals surface area contributed by atoms with E-state index < -0.39 is 0 Å². The van der Waals surface area contributed by atoms with Crippen molar-refractivity contribution in [1.82, 2.24) is 20.0 Å². The summed E-state index contributed by atoms with van der Waals surface area (Å²) in [6.07, 6.45) is 3.83. The number of aliphatic imine (C=N–C) groups is 1. The summed E-state index contributed by atoms with van der Waals surface area (Å²) in [5.41, 5.74) is 1.79. The third-order valence-corrected chi connectivity index (χ3v) is 4.19. The number of aromatic nitrogens is 2. The summed E-state index contributed by atoms with van der Waals surface area (Å²) < 4.78 is 15.7. The molecule has 0 bridgehead atoms. The van der Waals surface area contributed by atoms with Gasteiger partial charge in [0.2, 0.25) is 0 Å². The minimum atomic E-state index is -0.162. The summed E-state index contributed by atoms with van der Waals surface area (Å²) in [6, 6.07) is 6.94. The Morgan fingerprint density at radius 3 is 2.56 bits per heavy atom. The highest BCUT2D eigenvalue weighted by Gasteiger charge is 2.21. The van der Waals surface area contributed by atoms with E-state index in [1.165, 1.54) is 6.07 Å². The maximum atomic E-state index is 13.9. The molecule has 0 atom stereocenters.